The highest BCUT2D eigenvalue weighted by atomic mass is 32.2. The molecule has 96 valence electrons. The minimum Gasteiger partial charge on any atom is -0.323 e. The monoisotopic (exact) mass is 255 g/mol. The number of aryl methyl sites for hydroxylation is 2. The first-order valence-corrected chi connectivity index (χ1v) is 7.14. The van der Waals surface area contributed by atoms with Crippen LogP contribution in [0.2, 0.25) is 0 Å². The van der Waals surface area contributed by atoms with Crippen LogP contribution in [0.15, 0.2) is 12.1 Å². The average molecular weight is 255 g/mol. The molecule has 0 aliphatic rings. The summed E-state index contributed by atoms with van der Waals surface area (Å²) in [4.78, 5) is 0. The van der Waals surface area contributed by atoms with Gasteiger partial charge in [-0.05, 0) is 37.5 Å². The van der Waals surface area contributed by atoms with E-state index in [0.717, 1.165) is 23.3 Å². The van der Waals surface area contributed by atoms with Crippen LogP contribution in [0.5, 0.6) is 0 Å². The van der Waals surface area contributed by atoms with E-state index in [1.54, 1.807) is 6.07 Å². The van der Waals surface area contributed by atoms with Gasteiger partial charge in [0.15, 0.2) is 0 Å². The summed E-state index contributed by atoms with van der Waals surface area (Å²) in [7, 11) is 0. The Kier molecular flexibility index (Phi) is 5.47. The Morgan fingerprint density at radius 1 is 1.35 bits per heavy atom. The first-order chi connectivity index (χ1) is 7.95. The van der Waals surface area contributed by atoms with Crippen LogP contribution in [-0.2, 0) is 0 Å². The van der Waals surface area contributed by atoms with Gasteiger partial charge in [0.1, 0.15) is 5.82 Å². The number of rotatable bonds is 5. The topological polar surface area (TPSA) is 26.0 Å². The van der Waals surface area contributed by atoms with Crippen LogP contribution in [0, 0.1) is 19.7 Å². The van der Waals surface area contributed by atoms with E-state index in [4.69, 9.17) is 5.73 Å². The van der Waals surface area contributed by atoms with Crippen molar-refractivity contribution in [2.75, 3.05) is 5.75 Å². The first kappa shape index (κ1) is 14.5. The predicted molar refractivity (Wildman–Crippen MR) is 75.0 cm³/mol. The van der Waals surface area contributed by atoms with Gasteiger partial charge in [0.25, 0.3) is 0 Å². The number of nitrogens with two attached hydrogens (primary N) is 1. The van der Waals surface area contributed by atoms with Gasteiger partial charge in [-0.2, -0.15) is 11.8 Å². The van der Waals surface area contributed by atoms with E-state index in [0.29, 0.717) is 10.8 Å². The maximum atomic E-state index is 13.9. The van der Waals surface area contributed by atoms with Crippen molar-refractivity contribution in [2.45, 2.75) is 45.4 Å². The molecule has 2 N–H and O–H groups in total. The zero-order chi connectivity index (χ0) is 13.0. The summed E-state index contributed by atoms with van der Waals surface area (Å²) >= 11 is 1.81. The lowest BCUT2D eigenvalue weighted by Gasteiger charge is -2.18. The summed E-state index contributed by atoms with van der Waals surface area (Å²) in [6.45, 7) is 8.16. The van der Waals surface area contributed by atoms with Crippen LogP contribution >= 0.6 is 11.8 Å². The van der Waals surface area contributed by atoms with Gasteiger partial charge in [0.05, 0.1) is 0 Å². The van der Waals surface area contributed by atoms with Gasteiger partial charge in [-0.15, -0.1) is 0 Å². The van der Waals surface area contributed by atoms with Crippen molar-refractivity contribution in [3.63, 3.8) is 0 Å². The minimum absolute atomic E-state index is 0.167. The second-order valence-electron chi connectivity index (χ2n) is 4.64. The lowest BCUT2D eigenvalue weighted by Crippen LogP contribution is -2.17. The van der Waals surface area contributed by atoms with E-state index >= 15 is 0 Å². The van der Waals surface area contributed by atoms with Crippen LogP contribution in [0.25, 0.3) is 0 Å². The van der Waals surface area contributed by atoms with Gasteiger partial charge in [-0.25, -0.2) is 4.39 Å². The summed E-state index contributed by atoms with van der Waals surface area (Å²) in [5.41, 5.74) is 8.67. The Morgan fingerprint density at radius 3 is 2.53 bits per heavy atom. The van der Waals surface area contributed by atoms with Crippen LogP contribution in [-0.4, -0.2) is 11.0 Å². The standard InChI is InChI=1S/C14H22FNS/c1-5-11(4)17-8-13(16)14-10(3)6-9(2)7-12(14)15/h6-7,11,13H,5,8,16H2,1-4H3. The number of benzene rings is 1. The molecule has 3 heteroatoms. The predicted octanol–water partition coefficient (Wildman–Crippen LogP) is 3.97. The highest BCUT2D eigenvalue weighted by molar-refractivity contribution is 7.99. The summed E-state index contributed by atoms with van der Waals surface area (Å²) in [6, 6.07) is 3.34. The summed E-state index contributed by atoms with van der Waals surface area (Å²) in [5.74, 6) is 0.607. The maximum Gasteiger partial charge on any atom is 0.128 e. The second-order valence-corrected chi connectivity index (χ2v) is 6.11. The van der Waals surface area contributed by atoms with Crippen LogP contribution in [0.4, 0.5) is 4.39 Å². The molecule has 0 saturated heterocycles. The molecule has 0 aliphatic heterocycles. The molecule has 0 amide bonds. The molecule has 0 fully saturated rings. The summed E-state index contributed by atoms with van der Waals surface area (Å²) in [5, 5.41) is 0.579. The molecule has 1 rings (SSSR count). The first-order valence-electron chi connectivity index (χ1n) is 6.09. The molecule has 2 atom stereocenters. The molecule has 0 heterocycles. The average Bonchev–Trinajstić information content (AvgIpc) is 2.24. The van der Waals surface area contributed by atoms with Crippen molar-refractivity contribution in [1.29, 1.82) is 0 Å². The van der Waals surface area contributed by atoms with E-state index < -0.39 is 0 Å². The molecule has 0 aliphatic carbocycles. The van der Waals surface area contributed by atoms with Crippen molar-refractivity contribution in [3.05, 3.63) is 34.6 Å². The van der Waals surface area contributed by atoms with Crippen LogP contribution in [0.3, 0.4) is 0 Å². The van der Waals surface area contributed by atoms with E-state index in [1.807, 2.05) is 31.7 Å². The van der Waals surface area contributed by atoms with Gasteiger partial charge in [0, 0.05) is 22.6 Å². The van der Waals surface area contributed by atoms with Crippen LogP contribution < -0.4 is 5.73 Å². The smallest absolute Gasteiger partial charge is 0.128 e. The van der Waals surface area contributed by atoms with E-state index in [-0.39, 0.29) is 11.9 Å². The molecule has 17 heavy (non-hydrogen) atoms. The van der Waals surface area contributed by atoms with Gasteiger partial charge in [-0.1, -0.05) is 19.9 Å². The fourth-order valence-corrected chi connectivity index (χ4v) is 2.80. The molecular weight excluding hydrogens is 233 g/mol. The molecule has 2 unspecified atom stereocenters. The second kappa shape index (κ2) is 6.41. The van der Waals surface area contributed by atoms with Gasteiger partial charge < -0.3 is 5.73 Å². The number of thioether (sulfide) groups is 1. The third kappa shape index (κ3) is 4.00. The highest BCUT2D eigenvalue weighted by Crippen LogP contribution is 2.26. The molecule has 0 radical (unpaired) electrons. The molecule has 1 nitrogen and oxygen atoms in total. The summed E-state index contributed by atoms with van der Waals surface area (Å²) in [6.07, 6.45) is 1.12. The third-order valence-electron chi connectivity index (χ3n) is 2.99. The Labute approximate surface area is 108 Å². The fourth-order valence-electron chi connectivity index (χ4n) is 1.87. The normalized spacial score (nSPS) is 14.7. The Balaban J connectivity index is 2.78. The Morgan fingerprint density at radius 2 is 2.00 bits per heavy atom. The Bertz CT molecular complexity index is 355. The molecule has 1 aromatic carbocycles. The highest BCUT2D eigenvalue weighted by Gasteiger charge is 2.15. The van der Waals surface area contributed by atoms with Gasteiger partial charge >= 0.3 is 0 Å². The number of hydrogen-bond donors (Lipinski definition) is 1. The maximum absolute atomic E-state index is 13.9. The zero-order valence-corrected chi connectivity index (χ0v) is 11.9. The lowest BCUT2D eigenvalue weighted by atomic mass is 10.00. The molecule has 0 aromatic heterocycles. The van der Waals surface area contributed by atoms with Crippen molar-refractivity contribution in [3.8, 4) is 0 Å². The van der Waals surface area contributed by atoms with E-state index in [1.165, 1.54) is 0 Å². The number of halogens is 1. The molecule has 0 spiro atoms. The van der Waals surface area contributed by atoms with Crippen LogP contribution in [0.1, 0.15) is 43.0 Å². The molecule has 1 aromatic rings. The quantitative estimate of drug-likeness (QED) is 0.861. The van der Waals surface area contributed by atoms with Crippen molar-refractivity contribution < 1.29 is 4.39 Å². The van der Waals surface area contributed by atoms with Crippen molar-refractivity contribution in [2.24, 2.45) is 5.73 Å². The van der Waals surface area contributed by atoms with Gasteiger partial charge in [-0.3, -0.25) is 0 Å². The zero-order valence-electron chi connectivity index (χ0n) is 11.1. The number of hydrogen-bond acceptors (Lipinski definition) is 2. The summed E-state index contributed by atoms with van der Waals surface area (Å²) < 4.78 is 13.9. The third-order valence-corrected chi connectivity index (χ3v) is 4.44. The van der Waals surface area contributed by atoms with Gasteiger partial charge in [0.2, 0.25) is 0 Å². The van der Waals surface area contributed by atoms with E-state index in [2.05, 4.69) is 13.8 Å². The lowest BCUT2D eigenvalue weighted by molar-refractivity contribution is 0.591. The molecular formula is C14H22FNS. The molecule has 0 saturated carbocycles. The van der Waals surface area contributed by atoms with Crippen molar-refractivity contribution >= 4 is 11.8 Å². The SMILES string of the molecule is CCC(C)SCC(N)c1c(C)cc(C)cc1F. The van der Waals surface area contributed by atoms with E-state index in [9.17, 15) is 4.39 Å². The minimum atomic E-state index is -0.213. The largest absolute Gasteiger partial charge is 0.323 e. The van der Waals surface area contributed by atoms with Crippen molar-refractivity contribution in [1.82, 2.24) is 0 Å². The molecule has 0 bridgehead atoms. The Hall–Kier alpha value is -0.540. The fraction of sp³-hybridized carbons (Fsp3) is 0.571.